The average molecular weight is 380 g/mol. The molecule has 0 saturated carbocycles. The van der Waals surface area contributed by atoms with Crippen molar-refractivity contribution in [2.24, 2.45) is 0 Å². The van der Waals surface area contributed by atoms with Crippen molar-refractivity contribution < 1.29 is 14.3 Å². The first-order valence-corrected chi connectivity index (χ1v) is 9.71. The Morgan fingerprint density at radius 3 is 2.63 bits per heavy atom. The topological polar surface area (TPSA) is 51.7 Å². The fraction of sp³-hybridized carbons (Fsp3) is 0.238. The highest BCUT2D eigenvalue weighted by Crippen LogP contribution is 2.33. The maximum Gasteiger partial charge on any atom is 0.273 e. The van der Waals surface area contributed by atoms with E-state index in [-0.39, 0.29) is 12.7 Å². The van der Waals surface area contributed by atoms with Crippen LogP contribution >= 0.6 is 11.3 Å². The number of ether oxygens (including phenoxy) is 2. The Bertz CT molecular complexity index is 966. The first-order chi connectivity index (χ1) is 13.1. The smallest absolute Gasteiger partial charge is 0.273 e. The summed E-state index contributed by atoms with van der Waals surface area (Å²) in [7, 11) is 1.78. The van der Waals surface area contributed by atoms with E-state index in [1.807, 2.05) is 23.6 Å². The standard InChI is InChI=1S/C21H20N2O3S/c1-3-14-4-7-16(8-5-14)20-22-17(12-27-20)21(24)23(2)11-15-6-9-18-19(10-15)26-13-25-18/h4-10,12H,3,11,13H2,1-2H3. The number of hydrogen-bond donors (Lipinski definition) is 0. The molecule has 27 heavy (non-hydrogen) atoms. The summed E-state index contributed by atoms with van der Waals surface area (Å²) < 4.78 is 10.7. The molecule has 1 aromatic heterocycles. The number of rotatable bonds is 5. The van der Waals surface area contributed by atoms with Gasteiger partial charge in [0.2, 0.25) is 6.79 Å². The third kappa shape index (κ3) is 3.66. The average Bonchev–Trinajstić information content (AvgIpc) is 3.36. The predicted molar refractivity (Wildman–Crippen MR) is 105 cm³/mol. The van der Waals surface area contributed by atoms with Crippen LogP contribution in [0.3, 0.4) is 0 Å². The number of aryl methyl sites for hydroxylation is 1. The summed E-state index contributed by atoms with van der Waals surface area (Å²) in [4.78, 5) is 18.9. The van der Waals surface area contributed by atoms with Crippen LogP contribution in [0.15, 0.2) is 47.8 Å². The number of carbonyl (C=O) groups is 1. The van der Waals surface area contributed by atoms with E-state index in [0.717, 1.165) is 34.1 Å². The predicted octanol–water partition coefficient (Wildman–Crippen LogP) is 4.37. The second-order valence-electron chi connectivity index (χ2n) is 6.44. The molecule has 0 aliphatic carbocycles. The van der Waals surface area contributed by atoms with Crippen LogP contribution in [-0.4, -0.2) is 29.6 Å². The molecule has 1 aliphatic rings. The fourth-order valence-corrected chi connectivity index (χ4v) is 3.77. The molecular formula is C21H20N2O3S. The molecule has 4 rings (SSSR count). The van der Waals surface area contributed by atoms with Gasteiger partial charge in [0, 0.05) is 24.5 Å². The number of thiazole rings is 1. The summed E-state index contributed by atoms with van der Waals surface area (Å²) in [5, 5.41) is 2.68. The van der Waals surface area contributed by atoms with Crippen molar-refractivity contribution in [2.45, 2.75) is 19.9 Å². The molecule has 0 unspecified atom stereocenters. The molecule has 0 bridgehead atoms. The number of amides is 1. The van der Waals surface area contributed by atoms with Crippen LogP contribution in [-0.2, 0) is 13.0 Å². The zero-order valence-corrected chi connectivity index (χ0v) is 16.1. The van der Waals surface area contributed by atoms with Crippen LogP contribution in [0.25, 0.3) is 10.6 Å². The maximum atomic E-state index is 12.7. The summed E-state index contributed by atoms with van der Waals surface area (Å²) in [6.45, 7) is 2.85. The first kappa shape index (κ1) is 17.5. The third-order valence-corrected chi connectivity index (χ3v) is 5.43. The summed E-state index contributed by atoms with van der Waals surface area (Å²) >= 11 is 1.49. The van der Waals surface area contributed by atoms with Crippen molar-refractivity contribution >= 4 is 17.2 Å². The third-order valence-electron chi connectivity index (χ3n) is 4.54. The van der Waals surface area contributed by atoms with Crippen molar-refractivity contribution in [2.75, 3.05) is 13.8 Å². The molecule has 138 valence electrons. The molecule has 0 saturated heterocycles. The Morgan fingerprint density at radius 1 is 1.11 bits per heavy atom. The van der Waals surface area contributed by atoms with E-state index in [1.165, 1.54) is 16.9 Å². The minimum Gasteiger partial charge on any atom is -0.454 e. The normalized spacial score (nSPS) is 12.2. The molecule has 0 radical (unpaired) electrons. The molecule has 0 atom stereocenters. The minimum atomic E-state index is -0.0969. The number of aromatic nitrogens is 1. The Hall–Kier alpha value is -2.86. The molecule has 6 heteroatoms. The van der Waals surface area contributed by atoms with Crippen molar-refractivity contribution in [3.8, 4) is 22.1 Å². The van der Waals surface area contributed by atoms with Gasteiger partial charge in [-0.15, -0.1) is 11.3 Å². The second-order valence-corrected chi connectivity index (χ2v) is 7.30. The lowest BCUT2D eigenvalue weighted by molar-refractivity contribution is 0.0780. The van der Waals surface area contributed by atoms with Gasteiger partial charge in [0.15, 0.2) is 11.5 Å². The molecule has 3 aromatic rings. The Labute approximate surface area is 162 Å². The van der Waals surface area contributed by atoms with Gasteiger partial charge in [0.25, 0.3) is 5.91 Å². The number of hydrogen-bond acceptors (Lipinski definition) is 5. The highest BCUT2D eigenvalue weighted by molar-refractivity contribution is 7.13. The van der Waals surface area contributed by atoms with Gasteiger partial charge in [0.05, 0.1) is 0 Å². The summed E-state index contributed by atoms with van der Waals surface area (Å²) in [5.74, 6) is 1.37. The van der Waals surface area contributed by atoms with Gasteiger partial charge < -0.3 is 14.4 Å². The van der Waals surface area contributed by atoms with Crippen molar-refractivity contribution in [1.29, 1.82) is 0 Å². The Morgan fingerprint density at radius 2 is 1.85 bits per heavy atom. The molecule has 0 N–H and O–H groups in total. The molecule has 2 aromatic carbocycles. The van der Waals surface area contributed by atoms with Crippen LogP contribution < -0.4 is 9.47 Å². The highest BCUT2D eigenvalue weighted by Gasteiger charge is 2.18. The Balaban J connectivity index is 1.46. The summed E-state index contributed by atoms with van der Waals surface area (Å²) in [6, 6.07) is 14.0. The lowest BCUT2D eigenvalue weighted by Crippen LogP contribution is -2.26. The second kappa shape index (κ2) is 7.40. The molecule has 0 fully saturated rings. The summed E-state index contributed by atoms with van der Waals surface area (Å²) in [5.41, 5.74) is 3.78. The molecule has 1 aliphatic heterocycles. The number of carbonyl (C=O) groups excluding carboxylic acids is 1. The first-order valence-electron chi connectivity index (χ1n) is 8.83. The highest BCUT2D eigenvalue weighted by atomic mass is 32.1. The molecular weight excluding hydrogens is 360 g/mol. The van der Waals surface area contributed by atoms with E-state index >= 15 is 0 Å². The quantitative estimate of drug-likeness (QED) is 0.659. The van der Waals surface area contributed by atoms with Gasteiger partial charge in [-0.3, -0.25) is 4.79 Å². The monoisotopic (exact) mass is 380 g/mol. The van der Waals surface area contributed by atoms with E-state index in [1.54, 1.807) is 11.9 Å². The zero-order chi connectivity index (χ0) is 18.8. The van der Waals surface area contributed by atoms with Crippen LogP contribution in [0, 0.1) is 0 Å². The fourth-order valence-electron chi connectivity index (χ4n) is 2.97. The van der Waals surface area contributed by atoms with E-state index in [9.17, 15) is 4.79 Å². The minimum absolute atomic E-state index is 0.0969. The van der Waals surface area contributed by atoms with E-state index < -0.39 is 0 Å². The van der Waals surface area contributed by atoms with Gasteiger partial charge in [-0.1, -0.05) is 37.3 Å². The van der Waals surface area contributed by atoms with Gasteiger partial charge in [-0.05, 0) is 29.7 Å². The molecule has 2 heterocycles. The molecule has 5 nitrogen and oxygen atoms in total. The van der Waals surface area contributed by atoms with E-state index in [0.29, 0.717) is 12.2 Å². The molecule has 1 amide bonds. The van der Waals surface area contributed by atoms with Crippen LogP contribution in [0.5, 0.6) is 11.5 Å². The zero-order valence-electron chi connectivity index (χ0n) is 15.3. The molecule has 0 spiro atoms. The van der Waals surface area contributed by atoms with Crippen LogP contribution in [0.1, 0.15) is 28.5 Å². The van der Waals surface area contributed by atoms with Crippen molar-refractivity contribution in [3.63, 3.8) is 0 Å². The lowest BCUT2D eigenvalue weighted by atomic mass is 10.1. The van der Waals surface area contributed by atoms with Gasteiger partial charge >= 0.3 is 0 Å². The number of benzene rings is 2. The van der Waals surface area contributed by atoms with Crippen LogP contribution in [0.2, 0.25) is 0 Å². The van der Waals surface area contributed by atoms with E-state index in [4.69, 9.17) is 9.47 Å². The van der Waals surface area contributed by atoms with Gasteiger partial charge in [-0.2, -0.15) is 0 Å². The van der Waals surface area contributed by atoms with E-state index in [2.05, 4.69) is 36.2 Å². The largest absolute Gasteiger partial charge is 0.454 e. The lowest BCUT2D eigenvalue weighted by Gasteiger charge is -2.16. The van der Waals surface area contributed by atoms with Gasteiger partial charge in [-0.25, -0.2) is 4.98 Å². The number of fused-ring (bicyclic) bond motifs is 1. The summed E-state index contributed by atoms with van der Waals surface area (Å²) in [6.07, 6.45) is 1.01. The number of nitrogens with zero attached hydrogens (tertiary/aromatic N) is 2. The van der Waals surface area contributed by atoms with Gasteiger partial charge in [0.1, 0.15) is 10.7 Å². The Kier molecular flexibility index (Phi) is 4.81. The van der Waals surface area contributed by atoms with Crippen molar-refractivity contribution in [3.05, 3.63) is 64.7 Å². The maximum absolute atomic E-state index is 12.7. The van der Waals surface area contributed by atoms with Crippen LogP contribution in [0.4, 0.5) is 0 Å². The SMILES string of the molecule is CCc1ccc(-c2nc(C(=O)N(C)Cc3ccc4c(c3)OCO4)cs2)cc1. The van der Waals surface area contributed by atoms with Crippen molar-refractivity contribution in [1.82, 2.24) is 9.88 Å².